The molecule has 0 bridgehead atoms. The van der Waals surface area contributed by atoms with Crippen molar-refractivity contribution in [3.63, 3.8) is 0 Å². The van der Waals surface area contributed by atoms with Crippen LogP contribution in [0, 0.1) is 0 Å². The molecule has 1 aliphatic heterocycles. The largest absolute Gasteiger partial charge is 0.508 e. The minimum absolute atomic E-state index is 0.00183. The standard InChI is InChI=1S/C22H19N5O4S/c28-19-8-5-17(6-9-19)21(29)27-14-18(25-15-27)7-2-16-3-10-20(11-4-16)32(30,31)26-22-23-12-1-13-24-22/h1-13,15,18,28H,14H2,(H,23,24,26)/b7-2+. The number of carbonyl (C=O) groups excluding carboxylic acids is 1. The van der Waals surface area contributed by atoms with Crippen LogP contribution in [0.4, 0.5) is 5.95 Å². The van der Waals surface area contributed by atoms with E-state index >= 15 is 0 Å². The van der Waals surface area contributed by atoms with E-state index in [-0.39, 0.29) is 28.5 Å². The average Bonchev–Trinajstić information content (AvgIpc) is 3.27. The van der Waals surface area contributed by atoms with Crippen molar-refractivity contribution in [3.8, 4) is 5.75 Å². The maximum Gasteiger partial charge on any atom is 0.264 e. The summed E-state index contributed by atoms with van der Waals surface area (Å²) in [5.41, 5.74) is 1.25. The van der Waals surface area contributed by atoms with E-state index in [2.05, 4.69) is 19.7 Å². The van der Waals surface area contributed by atoms with Crippen LogP contribution in [0.1, 0.15) is 15.9 Å². The first-order chi connectivity index (χ1) is 15.4. The molecule has 1 aromatic heterocycles. The fraction of sp³-hybridized carbons (Fsp3) is 0.0909. The molecule has 0 saturated heterocycles. The van der Waals surface area contributed by atoms with Gasteiger partial charge in [0.05, 0.1) is 23.8 Å². The van der Waals surface area contributed by atoms with Gasteiger partial charge in [-0.25, -0.2) is 23.1 Å². The summed E-state index contributed by atoms with van der Waals surface area (Å²) in [6.07, 6.45) is 8.06. The number of phenolic OH excluding ortho intramolecular Hbond substituents is 1. The Morgan fingerprint density at radius 1 is 1.06 bits per heavy atom. The Bertz CT molecular complexity index is 1260. The third-order valence-electron chi connectivity index (χ3n) is 4.65. The summed E-state index contributed by atoms with van der Waals surface area (Å²) in [5, 5.41) is 9.35. The number of aromatic nitrogens is 2. The fourth-order valence-electron chi connectivity index (χ4n) is 2.99. The third kappa shape index (κ3) is 4.98. The number of hydrogen-bond donors (Lipinski definition) is 2. The molecular weight excluding hydrogens is 430 g/mol. The first-order valence-electron chi connectivity index (χ1n) is 9.62. The molecule has 0 spiro atoms. The summed E-state index contributed by atoms with van der Waals surface area (Å²) in [6.45, 7) is 0.393. The number of carbonyl (C=O) groups is 1. The lowest BCUT2D eigenvalue weighted by Crippen LogP contribution is -2.29. The van der Waals surface area contributed by atoms with Crippen LogP contribution in [0.15, 0.2) is 83.0 Å². The van der Waals surface area contributed by atoms with Gasteiger partial charge >= 0.3 is 0 Å². The molecule has 2 aromatic carbocycles. The number of hydrogen-bond acceptors (Lipinski definition) is 7. The maximum absolute atomic E-state index is 12.5. The minimum Gasteiger partial charge on any atom is -0.508 e. The topological polar surface area (TPSA) is 125 Å². The minimum atomic E-state index is -3.79. The molecule has 0 radical (unpaired) electrons. The summed E-state index contributed by atoms with van der Waals surface area (Å²) in [7, 11) is -3.79. The molecule has 3 aromatic rings. The van der Waals surface area contributed by atoms with Crippen molar-refractivity contribution in [2.75, 3.05) is 11.3 Å². The van der Waals surface area contributed by atoms with Gasteiger partial charge in [0, 0.05) is 18.0 Å². The lowest BCUT2D eigenvalue weighted by Gasteiger charge is -2.13. The Balaban J connectivity index is 1.37. The van der Waals surface area contributed by atoms with Crippen LogP contribution in [0.3, 0.4) is 0 Å². The normalized spacial score (nSPS) is 15.9. The van der Waals surface area contributed by atoms with Crippen LogP contribution < -0.4 is 4.72 Å². The number of rotatable bonds is 6. The van der Waals surface area contributed by atoms with E-state index in [0.29, 0.717) is 12.1 Å². The molecule has 32 heavy (non-hydrogen) atoms. The summed E-state index contributed by atoms with van der Waals surface area (Å²) in [4.78, 5) is 26.1. The summed E-state index contributed by atoms with van der Waals surface area (Å²) in [5.74, 6) is -0.100. The second-order valence-electron chi connectivity index (χ2n) is 6.94. The van der Waals surface area contributed by atoms with Crippen LogP contribution in [-0.2, 0) is 10.0 Å². The second-order valence-corrected chi connectivity index (χ2v) is 8.62. The summed E-state index contributed by atoms with van der Waals surface area (Å²) < 4.78 is 27.2. The number of aromatic hydroxyl groups is 1. The number of nitrogens with one attached hydrogen (secondary N) is 1. The number of amides is 1. The van der Waals surface area contributed by atoms with Crippen LogP contribution >= 0.6 is 0 Å². The second kappa shape index (κ2) is 8.98. The maximum atomic E-state index is 12.5. The number of aliphatic imine (C=N–C) groups is 1. The number of benzene rings is 2. The molecule has 0 saturated carbocycles. The van der Waals surface area contributed by atoms with Gasteiger partial charge in [-0.15, -0.1) is 0 Å². The molecule has 0 aliphatic carbocycles. The van der Waals surface area contributed by atoms with Crippen molar-refractivity contribution in [1.82, 2.24) is 14.9 Å². The Morgan fingerprint density at radius 2 is 1.75 bits per heavy atom. The Morgan fingerprint density at radius 3 is 2.44 bits per heavy atom. The molecule has 0 fully saturated rings. The van der Waals surface area contributed by atoms with Gasteiger partial charge in [0.25, 0.3) is 15.9 Å². The van der Waals surface area contributed by atoms with E-state index in [9.17, 15) is 18.3 Å². The van der Waals surface area contributed by atoms with E-state index in [4.69, 9.17) is 0 Å². The molecule has 4 rings (SSSR count). The smallest absolute Gasteiger partial charge is 0.264 e. The molecule has 9 nitrogen and oxygen atoms in total. The predicted octanol–water partition coefficient (Wildman–Crippen LogP) is 2.55. The van der Waals surface area contributed by atoms with E-state index in [1.165, 1.54) is 47.9 Å². The van der Waals surface area contributed by atoms with Gasteiger partial charge in [-0.3, -0.25) is 14.7 Å². The van der Waals surface area contributed by atoms with E-state index < -0.39 is 10.0 Å². The van der Waals surface area contributed by atoms with Gasteiger partial charge in [-0.05, 0) is 48.0 Å². The zero-order chi connectivity index (χ0) is 22.6. The summed E-state index contributed by atoms with van der Waals surface area (Å²) in [6, 6.07) is 13.8. The molecule has 2 N–H and O–H groups in total. The number of anilines is 1. The molecule has 1 atom stereocenters. The van der Waals surface area contributed by atoms with Gasteiger partial charge in [0.15, 0.2) is 0 Å². The third-order valence-corrected chi connectivity index (χ3v) is 5.99. The first-order valence-corrected chi connectivity index (χ1v) is 11.1. The van der Waals surface area contributed by atoms with Crippen LogP contribution in [0.5, 0.6) is 5.75 Å². The lowest BCUT2D eigenvalue weighted by molar-refractivity contribution is 0.0859. The molecule has 2 heterocycles. The Hall–Kier alpha value is -4.05. The predicted molar refractivity (Wildman–Crippen MR) is 120 cm³/mol. The molecule has 1 aliphatic rings. The highest BCUT2D eigenvalue weighted by Crippen LogP contribution is 2.17. The molecule has 10 heteroatoms. The molecule has 162 valence electrons. The van der Waals surface area contributed by atoms with Gasteiger partial charge in [-0.2, -0.15) is 0 Å². The zero-order valence-corrected chi connectivity index (χ0v) is 17.6. The van der Waals surface area contributed by atoms with E-state index in [1.54, 1.807) is 30.3 Å². The highest BCUT2D eigenvalue weighted by molar-refractivity contribution is 7.92. The lowest BCUT2D eigenvalue weighted by atomic mass is 10.1. The summed E-state index contributed by atoms with van der Waals surface area (Å²) >= 11 is 0. The van der Waals surface area contributed by atoms with Crippen molar-refractivity contribution in [2.24, 2.45) is 4.99 Å². The number of phenols is 1. The average molecular weight is 449 g/mol. The van der Waals surface area contributed by atoms with Crippen molar-refractivity contribution in [2.45, 2.75) is 10.9 Å². The van der Waals surface area contributed by atoms with E-state index in [0.717, 1.165) is 5.56 Å². The van der Waals surface area contributed by atoms with Crippen LogP contribution in [-0.4, -0.2) is 53.2 Å². The fourth-order valence-corrected chi connectivity index (χ4v) is 3.95. The van der Waals surface area contributed by atoms with Crippen molar-refractivity contribution in [1.29, 1.82) is 0 Å². The number of nitrogens with zero attached hydrogens (tertiary/aromatic N) is 4. The first kappa shape index (κ1) is 21.2. The van der Waals surface area contributed by atoms with Crippen LogP contribution in [0.2, 0.25) is 0 Å². The highest BCUT2D eigenvalue weighted by atomic mass is 32.2. The van der Waals surface area contributed by atoms with Crippen molar-refractivity contribution < 1.29 is 18.3 Å². The SMILES string of the molecule is O=C(c1ccc(O)cc1)N1C=NC(/C=C/c2ccc(S(=O)(=O)Nc3ncccn3)cc2)C1. The van der Waals surface area contributed by atoms with Crippen molar-refractivity contribution >= 4 is 34.3 Å². The molecule has 1 unspecified atom stereocenters. The van der Waals surface area contributed by atoms with Crippen LogP contribution in [0.25, 0.3) is 6.08 Å². The quantitative estimate of drug-likeness (QED) is 0.596. The van der Waals surface area contributed by atoms with Crippen molar-refractivity contribution in [3.05, 3.63) is 84.2 Å². The van der Waals surface area contributed by atoms with Gasteiger partial charge in [0.2, 0.25) is 5.95 Å². The van der Waals surface area contributed by atoms with E-state index in [1.807, 2.05) is 12.2 Å². The molecule has 1 amide bonds. The number of sulfonamides is 1. The van der Waals surface area contributed by atoms with Gasteiger partial charge in [-0.1, -0.05) is 24.3 Å². The Kier molecular flexibility index (Phi) is 5.95. The molecular formula is C22H19N5O4S. The monoisotopic (exact) mass is 449 g/mol. The van der Waals surface area contributed by atoms with Gasteiger partial charge in [0.1, 0.15) is 5.75 Å². The Labute approximate surface area is 184 Å². The van der Waals surface area contributed by atoms with Gasteiger partial charge < -0.3 is 5.11 Å². The zero-order valence-electron chi connectivity index (χ0n) is 16.7. The highest BCUT2D eigenvalue weighted by Gasteiger charge is 2.22.